The minimum absolute atomic E-state index is 0.173. The van der Waals surface area contributed by atoms with Crippen LogP contribution in [0.1, 0.15) is 17.9 Å². The van der Waals surface area contributed by atoms with Crippen molar-refractivity contribution < 1.29 is 4.39 Å². The lowest BCUT2D eigenvalue weighted by molar-refractivity contribution is 0.628. The molecule has 1 heterocycles. The number of aliphatic imine (C=N–C) groups is 1. The van der Waals surface area contributed by atoms with Crippen molar-refractivity contribution in [3.8, 4) is 5.69 Å². The average Bonchev–Trinajstić information content (AvgIpc) is 2.40. The number of nitrogens with one attached hydrogen (secondary N) is 1. The Hall–Kier alpha value is -2.63. The van der Waals surface area contributed by atoms with Crippen molar-refractivity contribution in [2.45, 2.75) is 20.3 Å². The van der Waals surface area contributed by atoms with Gasteiger partial charge in [-0.05, 0) is 26.0 Å². The first-order valence-electron chi connectivity index (χ1n) is 6.41. The molecule has 0 aliphatic rings. The van der Waals surface area contributed by atoms with E-state index in [1.54, 1.807) is 19.9 Å². The second-order valence-electron chi connectivity index (χ2n) is 4.51. The molecule has 5 nitrogen and oxygen atoms in total. The van der Waals surface area contributed by atoms with Crippen LogP contribution in [-0.4, -0.2) is 22.0 Å². The molecule has 0 aliphatic carbocycles. The highest BCUT2D eigenvalue weighted by molar-refractivity contribution is 5.79. The zero-order chi connectivity index (χ0) is 15.4. The van der Waals surface area contributed by atoms with Crippen LogP contribution in [0.2, 0.25) is 0 Å². The molecule has 0 saturated carbocycles. The lowest BCUT2D eigenvalue weighted by Gasteiger charge is -2.10. The SMILES string of the molecule is Cc1cc(=O)n(-c2ccc(N=CCC=N)c(F)c2)c(C)n1. The van der Waals surface area contributed by atoms with Gasteiger partial charge in [0.2, 0.25) is 0 Å². The van der Waals surface area contributed by atoms with E-state index >= 15 is 0 Å². The molecule has 2 aromatic rings. The fraction of sp³-hybridized carbons (Fsp3) is 0.200. The van der Waals surface area contributed by atoms with E-state index in [1.165, 1.54) is 35.2 Å². The van der Waals surface area contributed by atoms with Crippen LogP contribution in [0.15, 0.2) is 34.1 Å². The Bertz CT molecular complexity index is 765. The standard InChI is InChI=1S/C15H15FN4O/c1-10-8-15(21)20(11(2)19-10)12-4-5-14(13(16)9-12)18-7-3-6-17/h4-9,17H,3H2,1-2H3. The highest BCUT2D eigenvalue weighted by Gasteiger charge is 2.08. The van der Waals surface area contributed by atoms with Gasteiger partial charge in [0, 0.05) is 36.7 Å². The number of rotatable bonds is 4. The van der Waals surface area contributed by atoms with E-state index < -0.39 is 5.82 Å². The lowest BCUT2D eigenvalue weighted by atomic mass is 10.2. The molecule has 1 aromatic carbocycles. The molecular formula is C15H15FN4O. The molecule has 0 radical (unpaired) electrons. The van der Waals surface area contributed by atoms with Crippen LogP contribution < -0.4 is 5.56 Å². The third-order valence-corrected chi connectivity index (χ3v) is 2.86. The van der Waals surface area contributed by atoms with Gasteiger partial charge in [-0.3, -0.25) is 14.4 Å². The van der Waals surface area contributed by atoms with Crippen molar-refractivity contribution in [3.63, 3.8) is 0 Å². The van der Waals surface area contributed by atoms with Gasteiger partial charge in [0.15, 0.2) is 5.82 Å². The Balaban J connectivity index is 2.46. The van der Waals surface area contributed by atoms with E-state index in [1.807, 2.05) is 0 Å². The molecule has 0 amide bonds. The summed E-state index contributed by atoms with van der Waals surface area (Å²) in [6.45, 7) is 3.43. The van der Waals surface area contributed by atoms with Gasteiger partial charge in [0.25, 0.3) is 5.56 Å². The van der Waals surface area contributed by atoms with Crippen LogP contribution in [-0.2, 0) is 0 Å². The largest absolute Gasteiger partial charge is 0.313 e. The smallest absolute Gasteiger partial charge is 0.258 e. The zero-order valence-corrected chi connectivity index (χ0v) is 11.8. The van der Waals surface area contributed by atoms with E-state index in [0.717, 1.165) is 0 Å². The molecule has 0 saturated heterocycles. The molecule has 108 valence electrons. The van der Waals surface area contributed by atoms with Gasteiger partial charge in [-0.25, -0.2) is 9.37 Å². The van der Waals surface area contributed by atoms with Crippen LogP contribution >= 0.6 is 0 Å². The second kappa shape index (κ2) is 6.21. The fourth-order valence-electron chi connectivity index (χ4n) is 2.00. The van der Waals surface area contributed by atoms with Crippen LogP contribution in [0, 0.1) is 25.1 Å². The zero-order valence-electron chi connectivity index (χ0n) is 11.8. The number of hydrogen-bond acceptors (Lipinski definition) is 4. The number of aryl methyl sites for hydroxylation is 2. The monoisotopic (exact) mass is 286 g/mol. The lowest BCUT2D eigenvalue weighted by Crippen LogP contribution is -2.21. The van der Waals surface area contributed by atoms with Crippen LogP contribution in [0.5, 0.6) is 0 Å². The Kier molecular flexibility index (Phi) is 4.37. The number of halogens is 1. The molecule has 1 aromatic heterocycles. The second-order valence-corrected chi connectivity index (χ2v) is 4.51. The van der Waals surface area contributed by atoms with E-state index in [4.69, 9.17) is 5.41 Å². The average molecular weight is 286 g/mol. The van der Waals surface area contributed by atoms with Gasteiger partial charge in [-0.1, -0.05) is 0 Å². The number of nitrogens with zero attached hydrogens (tertiary/aromatic N) is 3. The van der Waals surface area contributed by atoms with E-state index in [-0.39, 0.29) is 11.2 Å². The van der Waals surface area contributed by atoms with Crippen molar-refractivity contribution >= 4 is 18.1 Å². The van der Waals surface area contributed by atoms with Gasteiger partial charge in [-0.2, -0.15) is 0 Å². The molecule has 0 spiro atoms. The molecule has 1 N–H and O–H groups in total. The first-order valence-corrected chi connectivity index (χ1v) is 6.41. The molecule has 6 heteroatoms. The first-order chi connectivity index (χ1) is 10.0. The maximum absolute atomic E-state index is 14.0. The predicted octanol–water partition coefficient (Wildman–Crippen LogP) is 2.73. The number of benzene rings is 1. The van der Waals surface area contributed by atoms with Crippen molar-refractivity contribution in [2.24, 2.45) is 4.99 Å². The Morgan fingerprint density at radius 1 is 1.38 bits per heavy atom. The molecule has 2 rings (SSSR count). The quantitative estimate of drug-likeness (QED) is 0.878. The highest BCUT2D eigenvalue weighted by atomic mass is 19.1. The van der Waals surface area contributed by atoms with Gasteiger partial charge >= 0.3 is 0 Å². The predicted molar refractivity (Wildman–Crippen MR) is 80.8 cm³/mol. The molecule has 0 aliphatic heterocycles. The molecule has 21 heavy (non-hydrogen) atoms. The summed E-state index contributed by atoms with van der Waals surface area (Å²) in [6, 6.07) is 5.77. The van der Waals surface area contributed by atoms with Gasteiger partial charge in [0.1, 0.15) is 5.82 Å². The topological polar surface area (TPSA) is 71.1 Å². The van der Waals surface area contributed by atoms with E-state index in [9.17, 15) is 9.18 Å². The summed E-state index contributed by atoms with van der Waals surface area (Å²) in [5.74, 6) is -0.0277. The number of aromatic nitrogens is 2. The van der Waals surface area contributed by atoms with Gasteiger partial charge in [-0.15, -0.1) is 0 Å². The van der Waals surface area contributed by atoms with E-state index in [2.05, 4.69) is 9.98 Å². The van der Waals surface area contributed by atoms with Crippen LogP contribution in [0.3, 0.4) is 0 Å². The summed E-state index contributed by atoms with van der Waals surface area (Å²) < 4.78 is 15.3. The summed E-state index contributed by atoms with van der Waals surface area (Å²) in [5, 5.41) is 6.88. The minimum Gasteiger partial charge on any atom is -0.313 e. The first kappa shape index (κ1) is 14.8. The third kappa shape index (κ3) is 3.28. The summed E-state index contributed by atoms with van der Waals surface area (Å²) in [7, 11) is 0. The summed E-state index contributed by atoms with van der Waals surface area (Å²) in [6.07, 6.45) is 2.98. The molecule has 0 atom stereocenters. The maximum Gasteiger partial charge on any atom is 0.258 e. The normalized spacial score (nSPS) is 11.0. The summed E-state index contributed by atoms with van der Waals surface area (Å²) in [4.78, 5) is 20.2. The summed E-state index contributed by atoms with van der Waals surface area (Å²) in [5.41, 5.74) is 0.960. The molecular weight excluding hydrogens is 271 g/mol. The highest BCUT2D eigenvalue weighted by Crippen LogP contribution is 2.20. The van der Waals surface area contributed by atoms with Crippen LogP contribution in [0.25, 0.3) is 5.69 Å². The van der Waals surface area contributed by atoms with Crippen molar-refractivity contribution in [1.82, 2.24) is 9.55 Å². The molecule has 0 fully saturated rings. The van der Waals surface area contributed by atoms with Crippen molar-refractivity contribution in [2.75, 3.05) is 0 Å². The van der Waals surface area contributed by atoms with Crippen molar-refractivity contribution in [1.29, 1.82) is 5.41 Å². The Morgan fingerprint density at radius 2 is 2.14 bits per heavy atom. The van der Waals surface area contributed by atoms with Gasteiger partial charge in [0.05, 0.1) is 11.4 Å². The molecule has 0 bridgehead atoms. The summed E-state index contributed by atoms with van der Waals surface area (Å²) >= 11 is 0. The Labute approximate surface area is 121 Å². The maximum atomic E-state index is 14.0. The minimum atomic E-state index is -0.527. The number of hydrogen-bond donors (Lipinski definition) is 1. The fourth-order valence-corrected chi connectivity index (χ4v) is 2.00. The molecule has 0 unspecified atom stereocenters. The van der Waals surface area contributed by atoms with E-state index in [0.29, 0.717) is 23.6 Å². The third-order valence-electron chi connectivity index (χ3n) is 2.86. The van der Waals surface area contributed by atoms with Crippen molar-refractivity contribution in [3.05, 3.63) is 52.0 Å². The van der Waals surface area contributed by atoms with Crippen LogP contribution in [0.4, 0.5) is 10.1 Å². The van der Waals surface area contributed by atoms with Gasteiger partial charge < -0.3 is 5.41 Å². The Morgan fingerprint density at radius 3 is 2.76 bits per heavy atom.